The van der Waals surface area contributed by atoms with Gasteiger partial charge in [0, 0.05) is 28.9 Å². The number of nitrogens with zero attached hydrogens (tertiary/aromatic N) is 3. The number of imide groups is 1. The van der Waals surface area contributed by atoms with Crippen LogP contribution >= 0.6 is 11.6 Å². The molecule has 3 aromatic rings. The highest BCUT2D eigenvalue weighted by Crippen LogP contribution is 2.35. The van der Waals surface area contributed by atoms with Crippen LogP contribution in [0.5, 0.6) is 0 Å². The molecule has 8 heteroatoms. The van der Waals surface area contributed by atoms with Gasteiger partial charge in [-0.05, 0) is 37.5 Å². The van der Waals surface area contributed by atoms with Gasteiger partial charge in [-0.3, -0.25) is 24.4 Å². The summed E-state index contributed by atoms with van der Waals surface area (Å²) >= 11 is 6.19. The van der Waals surface area contributed by atoms with Crippen LogP contribution in [0.2, 0.25) is 5.02 Å². The molecule has 0 unspecified atom stereocenters. The van der Waals surface area contributed by atoms with Crippen LogP contribution in [-0.4, -0.2) is 32.5 Å². The molecule has 3 heterocycles. The molecule has 0 spiro atoms. The number of pyridine rings is 1. The third-order valence-corrected chi connectivity index (χ3v) is 7.02. The molecule has 0 radical (unpaired) electrons. The van der Waals surface area contributed by atoms with Gasteiger partial charge in [0.2, 0.25) is 0 Å². The van der Waals surface area contributed by atoms with Crippen LogP contribution in [0.3, 0.4) is 0 Å². The molecule has 0 atom stereocenters. The van der Waals surface area contributed by atoms with Gasteiger partial charge in [0.05, 0.1) is 11.3 Å². The molecule has 7 nitrogen and oxygen atoms in total. The first-order valence-electron chi connectivity index (χ1n) is 12.2. The number of hydrogen-bond acceptors (Lipinski definition) is 3. The van der Waals surface area contributed by atoms with Gasteiger partial charge in [0.15, 0.2) is 12.4 Å². The maximum atomic E-state index is 14.0. The number of hydrogen-bond donors (Lipinski definition) is 1. The van der Waals surface area contributed by atoms with E-state index in [2.05, 4.69) is 5.10 Å². The van der Waals surface area contributed by atoms with Crippen LogP contribution in [0.4, 0.5) is 0 Å². The molecule has 35 heavy (non-hydrogen) atoms. The zero-order chi connectivity index (χ0) is 24.5. The highest BCUT2D eigenvalue weighted by Gasteiger charge is 2.49. The Balaban J connectivity index is 1.73. The molecule has 2 aromatic heterocycles. The van der Waals surface area contributed by atoms with Crippen LogP contribution in [0.1, 0.15) is 56.7 Å². The van der Waals surface area contributed by atoms with Crippen molar-refractivity contribution in [2.24, 2.45) is 0 Å². The topological polar surface area (TPSA) is 79.1 Å². The maximum absolute atomic E-state index is 14.0. The third-order valence-electron chi connectivity index (χ3n) is 6.79. The van der Waals surface area contributed by atoms with E-state index in [1.807, 2.05) is 13.0 Å². The van der Waals surface area contributed by atoms with E-state index in [0.29, 0.717) is 22.8 Å². The summed E-state index contributed by atoms with van der Waals surface area (Å²) in [5, 5.41) is 3.69. The third kappa shape index (κ3) is 4.14. The SMILES string of the molecule is CCCc1[nH]n(-c2cccc(Cl)c2)c(=O)c1C1=C([n+]2ccccc2)C(=O)N(C2CCCCC2)C1=O. The molecule has 1 fully saturated rings. The van der Waals surface area contributed by atoms with Crippen molar-refractivity contribution in [1.29, 1.82) is 0 Å². The summed E-state index contributed by atoms with van der Waals surface area (Å²) in [6.45, 7) is 2.01. The van der Waals surface area contributed by atoms with Crippen LogP contribution in [0.15, 0.2) is 59.7 Å². The number of rotatable bonds is 6. The van der Waals surface area contributed by atoms with E-state index in [-0.39, 0.29) is 40.2 Å². The van der Waals surface area contributed by atoms with Gasteiger partial charge in [-0.25, -0.2) is 4.68 Å². The lowest BCUT2D eigenvalue weighted by Gasteiger charge is -2.29. The van der Waals surface area contributed by atoms with Crippen molar-refractivity contribution in [3.8, 4) is 5.69 Å². The Labute approximate surface area is 208 Å². The Morgan fingerprint density at radius 3 is 2.43 bits per heavy atom. The lowest BCUT2D eigenvalue weighted by molar-refractivity contribution is -0.576. The predicted octanol–water partition coefficient (Wildman–Crippen LogP) is 4.13. The number of carbonyl (C=O) groups is 2. The first-order chi connectivity index (χ1) is 17.0. The molecule has 180 valence electrons. The van der Waals surface area contributed by atoms with Gasteiger partial charge in [-0.15, -0.1) is 0 Å². The molecule has 1 aliphatic carbocycles. The van der Waals surface area contributed by atoms with Crippen LogP contribution in [0.25, 0.3) is 17.0 Å². The Morgan fingerprint density at radius 1 is 1.00 bits per heavy atom. The van der Waals surface area contributed by atoms with E-state index in [0.717, 1.165) is 38.5 Å². The molecule has 1 N–H and O–H groups in total. The molecule has 5 rings (SSSR count). The van der Waals surface area contributed by atoms with Crippen molar-refractivity contribution in [2.75, 3.05) is 0 Å². The number of amides is 2. The number of benzene rings is 1. The summed E-state index contributed by atoms with van der Waals surface area (Å²) in [6, 6.07) is 12.3. The molecule has 1 saturated carbocycles. The number of aromatic amines is 1. The number of aryl methyl sites for hydroxylation is 1. The highest BCUT2D eigenvalue weighted by molar-refractivity contribution is 6.44. The number of halogens is 1. The van der Waals surface area contributed by atoms with Gasteiger partial charge in [0.1, 0.15) is 5.57 Å². The Kier molecular flexibility index (Phi) is 6.43. The number of nitrogens with one attached hydrogen (secondary N) is 1. The summed E-state index contributed by atoms with van der Waals surface area (Å²) in [7, 11) is 0. The molecule has 2 amide bonds. The molecule has 0 bridgehead atoms. The van der Waals surface area contributed by atoms with Crippen molar-refractivity contribution in [3.05, 3.63) is 81.5 Å². The maximum Gasteiger partial charge on any atom is 0.327 e. The fourth-order valence-electron chi connectivity index (χ4n) is 5.19. The molecule has 1 aliphatic heterocycles. The van der Waals surface area contributed by atoms with Gasteiger partial charge >= 0.3 is 5.91 Å². The normalized spacial score (nSPS) is 17.0. The molecular formula is C27H28ClN4O3+. The lowest BCUT2D eigenvalue weighted by atomic mass is 9.94. The summed E-state index contributed by atoms with van der Waals surface area (Å²) in [6.07, 6.45) is 9.46. The summed E-state index contributed by atoms with van der Waals surface area (Å²) in [5.41, 5.74) is 1.49. The van der Waals surface area contributed by atoms with E-state index in [1.165, 1.54) is 9.58 Å². The number of aromatic nitrogens is 3. The van der Waals surface area contributed by atoms with Crippen LogP contribution < -0.4 is 10.1 Å². The molecule has 2 aliphatic rings. The highest BCUT2D eigenvalue weighted by atomic mass is 35.5. The monoisotopic (exact) mass is 491 g/mol. The first kappa shape index (κ1) is 23.3. The smallest absolute Gasteiger partial charge is 0.294 e. The summed E-state index contributed by atoms with van der Waals surface area (Å²) < 4.78 is 3.07. The minimum absolute atomic E-state index is 0.149. The van der Waals surface area contributed by atoms with Crippen LogP contribution in [-0.2, 0) is 16.0 Å². The number of H-pyrrole nitrogens is 1. The zero-order valence-corrected chi connectivity index (χ0v) is 20.4. The predicted molar refractivity (Wildman–Crippen MR) is 134 cm³/mol. The second kappa shape index (κ2) is 9.66. The Bertz CT molecular complexity index is 1370. The van der Waals surface area contributed by atoms with Crippen molar-refractivity contribution < 1.29 is 14.2 Å². The van der Waals surface area contributed by atoms with E-state index >= 15 is 0 Å². The van der Waals surface area contributed by atoms with Crippen LogP contribution in [0, 0.1) is 0 Å². The fraction of sp³-hybridized carbons (Fsp3) is 0.333. The first-order valence-corrected chi connectivity index (χ1v) is 12.6. The molecule has 1 aromatic carbocycles. The second-order valence-electron chi connectivity index (χ2n) is 9.11. The summed E-state index contributed by atoms with van der Waals surface area (Å²) in [4.78, 5) is 43.0. The van der Waals surface area contributed by atoms with Crippen molar-refractivity contribution in [3.63, 3.8) is 0 Å². The van der Waals surface area contributed by atoms with Gasteiger partial charge in [-0.1, -0.05) is 56.3 Å². The van der Waals surface area contributed by atoms with E-state index < -0.39 is 0 Å². The fourth-order valence-corrected chi connectivity index (χ4v) is 5.37. The average Bonchev–Trinajstić information content (AvgIpc) is 3.32. The lowest BCUT2D eigenvalue weighted by Crippen LogP contribution is -2.45. The zero-order valence-electron chi connectivity index (χ0n) is 19.7. The largest absolute Gasteiger partial charge is 0.327 e. The van der Waals surface area contributed by atoms with Crippen molar-refractivity contribution >= 4 is 34.7 Å². The minimum atomic E-state index is -0.389. The number of carbonyl (C=O) groups excluding carboxylic acids is 2. The Hall–Kier alpha value is -3.45. The van der Waals surface area contributed by atoms with E-state index in [4.69, 9.17) is 11.6 Å². The van der Waals surface area contributed by atoms with E-state index in [9.17, 15) is 14.4 Å². The molecular weight excluding hydrogens is 464 g/mol. The van der Waals surface area contributed by atoms with Gasteiger partial charge < -0.3 is 0 Å². The Morgan fingerprint density at radius 2 is 1.74 bits per heavy atom. The van der Waals surface area contributed by atoms with E-state index in [1.54, 1.807) is 53.4 Å². The quantitative estimate of drug-likeness (QED) is 0.416. The second-order valence-corrected chi connectivity index (χ2v) is 9.55. The van der Waals surface area contributed by atoms with Crippen molar-refractivity contribution in [2.45, 2.75) is 57.9 Å². The van der Waals surface area contributed by atoms with Crippen molar-refractivity contribution in [1.82, 2.24) is 14.7 Å². The standard InChI is InChI=1S/C27H27ClN4O3/c1-2-10-21-22(26(34)32(29-21)20-14-9-11-18(28)17-20)23-24(30-15-7-4-8-16-30)27(35)31(25(23)33)19-12-5-3-6-13-19/h4,7-9,11,14-17,19H,2-3,5-6,10,12-13H2,1H3/p+1. The van der Waals surface area contributed by atoms with Gasteiger partial charge in [-0.2, -0.15) is 4.57 Å². The van der Waals surface area contributed by atoms with Gasteiger partial charge in [0.25, 0.3) is 17.2 Å². The molecule has 0 saturated heterocycles. The summed E-state index contributed by atoms with van der Waals surface area (Å²) in [5.74, 6) is -0.731. The average molecular weight is 492 g/mol. The minimum Gasteiger partial charge on any atom is -0.294 e.